The standard InChI is InChI=1S/C18H22N2O5S/c1-12(2)20-26(22,23)17-7-5-6-13(8-17)18(21)19-14-9-15(24-3)11-16(10-14)25-4/h5-12,20H,1-4H3,(H,19,21). The largest absolute Gasteiger partial charge is 0.497 e. The van der Waals surface area contributed by atoms with E-state index in [4.69, 9.17) is 9.47 Å². The lowest BCUT2D eigenvalue weighted by atomic mass is 10.2. The van der Waals surface area contributed by atoms with Crippen LogP contribution in [0.1, 0.15) is 24.2 Å². The monoisotopic (exact) mass is 378 g/mol. The summed E-state index contributed by atoms with van der Waals surface area (Å²) in [5.41, 5.74) is 0.693. The zero-order chi connectivity index (χ0) is 19.3. The fraction of sp³-hybridized carbons (Fsp3) is 0.278. The van der Waals surface area contributed by atoms with Crippen molar-refractivity contribution < 1.29 is 22.7 Å². The Morgan fingerprint density at radius 1 is 1.00 bits per heavy atom. The molecule has 0 aromatic heterocycles. The molecule has 0 atom stereocenters. The van der Waals surface area contributed by atoms with Crippen molar-refractivity contribution in [1.29, 1.82) is 0 Å². The van der Waals surface area contributed by atoms with Gasteiger partial charge in [0.05, 0.1) is 19.1 Å². The van der Waals surface area contributed by atoms with Crippen LogP contribution >= 0.6 is 0 Å². The third-order valence-electron chi connectivity index (χ3n) is 3.41. The lowest BCUT2D eigenvalue weighted by Gasteiger charge is -2.12. The number of ether oxygens (including phenoxy) is 2. The van der Waals surface area contributed by atoms with Crippen LogP contribution in [0.2, 0.25) is 0 Å². The summed E-state index contributed by atoms with van der Waals surface area (Å²) in [6, 6.07) is 10.6. The molecule has 140 valence electrons. The third-order valence-corrected chi connectivity index (χ3v) is 5.06. The highest BCUT2D eigenvalue weighted by molar-refractivity contribution is 7.89. The van der Waals surface area contributed by atoms with E-state index in [1.54, 1.807) is 38.1 Å². The molecular formula is C18H22N2O5S. The van der Waals surface area contributed by atoms with Gasteiger partial charge < -0.3 is 14.8 Å². The van der Waals surface area contributed by atoms with E-state index in [9.17, 15) is 13.2 Å². The molecule has 7 nitrogen and oxygen atoms in total. The highest BCUT2D eigenvalue weighted by Crippen LogP contribution is 2.26. The van der Waals surface area contributed by atoms with Gasteiger partial charge >= 0.3 is 0 Å². The predicted molar refractivity (Wildman–Crippen MR) is 99.4 cm³/mol. The van der Waals surface area contributed by atoms with Gasteiger partial charge in [-0.15, -0.1) is 0 Å². The molecule has 2 N–H and O–H groups in total. The van der Waals surface area contributed by atoms with Crippen molar-refractivity contribution in [3.63, 3.8) is 0 Å². The van der Waals surface area contributed by atoms with Crippen molar-refractivity contribution in [3.8, 4) is 11.5 Å². The molecule has 0 bridgehead atoms. The molecule has 2 rings (SSSR count). The van der Waals surface area contributed by atoms with Gasteiger partial charge in [0.1, 0.15) is 11.5 Å². The minimum atomic E-state index is -3.68. The molecule has 0 aliphatic carbocycles. The molecule has 0 unspecified atom stereocenters. The summed E-state index contributed by atoms with van der Waals surface area (Å²) in [5.74, 6) is 0.608. The van der Waals surface area contributed by atoms with E-state index in [2.05, 4.69) is 10.0 Å². The van der Waals surface area contributed by atoms with E-state index < -0.39 is 15.9 Å². The first kappa shape index (κ1) is 19.7. The van der Waals surface area contributed by atoms with Crippen LogP contribution in [0.4, 0.5) is 5.69 Å². The fourth-order valence-corrected chi connectivity index (χ4v) is 3.56. The van der Waals surface area contributed by atoms with Crippen LogP contribution in [0.25, 0.3) is 0 Å². The van der Waals surface area contributed by atoms with E-state index >= 15 is 0 Å². The normalized spacial score (nSPS) is 11.3. The molecule has 0 fully saturated rings. The van der Waals surface area contributed by atoms with Crippen LogP contribution in [0.3, 0.4) is 0 Å². The Labute approximate surface area is 153 Å². The molecular weight excluding hydrogens is 356 g/mol. The van der Waals surface area contributed by atoms with Gasteiger partial charge in [-0.25, -0.2) is 13.1 Å². The second-order valence-corrected chi connectivity index (χ2v) is 7.57. The number of nitrogens with one attached hydrogen (secondary N) is 2. The van der Waals surface area contributed by atoms with E-state index in [0.29, 0.717) is 17.2 Å². The number of amides is 1. The number of anilines is 1. The van der Waals surface area contributed by atoms with Gasteiger partial charge in [0.2, 0.25) is 10.0 Å². The number of carbonyl (C=O) groups excluding carboxylic acids is 1. The molecule has 0 saturated heterocycles. The molecule has 1 amide bonds. The lowest BCUT2D eigenvalue weighted by molar-refractivity contribution is 0.102. The smallest absolute Gasteiger partial charge is 0.255 e. The lowest BCUT2D eigenvalue weighted by Crippen LogP contribution is -2.30. The Morgan fingerprint density at radius 2 is 1.62 bits per heavy atom. The number of hydrogen-bond donors (Lipinski definition) is 2. The van der Waals surface area contributed by atoms with Crippen molar-refractivity contribution in [2.75, 3.05) is 19.5 Å². The zero-order valence-electron chi connectivity index (χ0n) is 15.1. The summed E-state index contributed by atoms with van der Waals surface area (Å²) in [4.78, 5) is 12.5. The van der Waals surface area contributed by atoms with Gasteiger partial charge in [0.15, 0.2) is 0 Å². The summed E-state index contributed by atoms with van der Waals surface area (Å²) in [6.45, 7) is 3.45. The van der Waals surface area contributed by atoms with Crippen molar-refractivity contribution >= 4 is 21.6 Å². The highest BCUT2D eigenvalue weighted by atomic mass is 32.2. The van der Waals surface area contributed by atoms with Crippen LogP contribution in [0.15, 0.2) is 47.4 Å². The third kappa shape index (κ3) is 4.96. The molecule has 2 aromatic carbocycles. The molecule has 8 heteroatoms. The van der Waals surface area contributed by atoms with Crippen molar-refractivity contribution in [2.45, 2.75) is 24.8 Å². The Kier molecular flexibility index (Phi) is 6.23. The van der Waals surface area contributed by atoms with Crippen molar-refractivity contribution in [1.82, 2.24) is 4.72 Å². The Morgan fingerprint density at radius 3 is 2.15 bits per heavy atom. The summed E-state index contributed by atoms with van der Waals surface area (Å²) in [5, 5.41) is 2.71. The number of hydrogen-bond acceptors (Lipinski definition) is 5. The summed E-state index contributed by atoms with van der Waals surface area (Å²) >= 11 is 0. The average Bonchev–Trinajstić information content (AvgIpc) is 2.60. The van der Waals surface area contributed by atoms with E-state index in [-0.39, 0.29) is 16.5 Å². The Hall–Kier alpha value is -2.58. The molecule has 26 heavy (non-hydrogen) atoms. The van der Waals surface area contributed by atoms with Crippen LogP contribution in [-0.4, -0.2) is 34.6 Å². The highest BCUT2D eigenvalue weighted by Gasteiger charge is 2.17. The Balaban J connectivity index is 2.27. The van der Waals surface area contributed by atoms with E-state index in [1.807, 2.05) is 0 Å². The predicted octanol–water partition coefficient (Wildman–Crippen LogP) is 2.64. The minimum Gasteiger partial charge on any atom is -0.497 e. The topological polar surface area (TPSA) is 93.7 Å². The zero-order valence-corrected chi connectivity index (χ0v) is 15.9. The second-order valence-electron chi connectivity index (χ2n) is 5.86. The molecule has 0 saturated carbocycles. The SMILES string of the molecule is COc1cc(NC(=O)c2cccc(S(=O)(=O)NC(C)C)c2)cc(OC)c1. The number of rotatable bonds is 7. The maximum atomic E-state index is 12.5. The van der Waals surface area contributed by atoms with Crippen molar-refractivity contribution in [3.05, 3.63) is 48.0 Å². The molecule has 2 aromatic rings. The second kappa shape index (κ2) is 8.20. The number of carbonyl (C=O) groups is 1. The Bertz CT molecular complexity index is 872. The number of methoxy groups -OCH3 is 2. The quantitative estimate of drug-likeness (QED) is 0.772. The summed E-state index contributed by atoms with van der Waals surface area (Å²) in [7, 11) is -0.659. The fourth-order valence-electron chi connectivity index (χ4n) is 2.27. The van der Waals surface area contributed by atoms with Crippen LogP contribution in [-0.2, 0) is 10.0 Å². The van der Waals surface area contributed by atoms with Crippen LogP contribution in [0.5, 0.6) is 11.5 Å². The molecule has 0 aliphatic heterocycles. The molecule has 0 radical (unpaired) electrons. The van der Waals surface area contributed by atoms with Crippen molar-refractivity contribution in [2.24, 2.45) is 0 Å². The van der Waals surface area contributed by atoms with Gasteiger partial charge in [-0.2, -0.15) is 0 Å². The molecule has 0 heterocycles. The van der Waals surface area contributed by atoms with Gasteiger partial charge in [-0.05, 0) is 32.0 Å². The molecule has 0 aliphatic rings. The van der Waals surface area contributed by atoms with Crippen LogP contribution in [0, 0.1) is 0 Å². The first-order chi connectivity index (χ1) is 12.2. The minimum absolute atomic E-state index is 0.0297. The summed E-state index contributed by atoms with van der Waals surface area (Å²) in [6.07, 6.45) is 0. The molecule has 0 spiro atoms. The maximum Gasteiger partial charge on any atom is 0.255 e. The number of benzene rings is 2. The van der Waals surface area contributed by atoms with Crippen LogP contribution < -0.4 is 19.5 Å². The number of sulfonamides is 1. The van der Waals surface area contributed by atoms with Gasteiger partial charge in [-0.3, -0.25) is 4.79 Å². The van der Waals surface area contributed by atoms with Gasteiger partial charge in [-0.1, -0.05) is 6.07 Å². The maximum absolute atomic E-state index is 12.5. The van der Waals surface area contributed by atoms with E-state index in [0.717, 1.165) is 0 Å². The van der Waals surface area contributed by atoms with Gasteiger partial charge in [0.25, 0.3) is 5.91 Å². The summed E-state index contributed by atoms with van der Waals surface area (Å²) < 4.78 is 37.4. The average molecular weight is 378 g/mol. The first-order valence-electron chi connectivity index (χ1n) is 7.92. The van der Waals surface area contributed by atoms with E-state index in [1.165, 1.54) is 32.4 Å². The first-order valence-corrected chi connectivity index (χ1v) is 9.40. The van der Waals surface area contributed by atoms with Gasteiger partial charge in [0, 0.05) is 35.5 Å².